The van der Waals surface area contributed by atoms with E-state index in [1.165, 1.54) is 0 Å². The number of alkyl halides is 2. The second-order valence-electron chi connectivity index (χ2n) is 3.16. The summed E-state index contributed by atoms with van der Waals surface area (Å²) in [6, 6.07) is -0.348. The molecule has 0 radical (unpaired) electrons. The summed E-state index contributed by atoms with van der Waals surface area (Å²) in [5, 5.41) is 0. The third-order valence-corrected chi connectivity index (χ3v) is 2.52. The van der Waals surface area contributed by atoms with Gasteiger partial charge in [0.1, 0.15) is 0 Å². The Hall–Kier alpha value is -0.0200. The minimum atomic E-state index is -3.86. The Morgan fingerprint density at radius 3 is 2.20 bits per heavy atom. The van der Waals surface area contributed by atoms with Crippen molar-refractivity contribution in [2.24, 2.45) is 5.73 Å². The Labute approximate surface area is 94.4 Å². The van der Waals surface area contributed by atoms with Crippen LogP contribution in [0.5, 0.6) is 0 Å². The molecule has 0 heterocycles. The molecule has 0 saturated heterocycles. The van der Waals surface area contributed by atoms with Gasteiger partial charge in [0.05, 0.1) is 13.1 Å². The third-order valence-electron chi connectivity index (χ3n) is 1.21. The van der Waals surface area contributed by atoms with E-state index in [1.807, 2.05) is 0 Å². The molecule has 94 valence electrons. The first-order valence-electron chi connectivity index (χ1n) is 4.03. The van der Waals surface area contributed by atoms with Gasteiger partial charge in [0, 0.05) is 6.04 Å². The lowest BCUT2D eigenvalue weighted by molar-refractivity contribution is 0.0169. The molecule has 0 spiro atoms. The van der Waals surface area contributed by atoms with Gasteiger partial charge in [-0.05, 0) is 13.8 Å². The Bertz CT molecular complexity index is 272. The van der Waals surface area contributed by atoms with E-state index in [2.05, 4.69) is 4.72 Å². The SMILES string of the molecule is CC(C)NS(=O)(=O)NCC(F)(F)CN.Cl. The first-order valence-corrected chi connectivity index (χ1v) is 5.51. The van der Waals surface area contributed by atoms with Crippen LogP contribution in [0.25, 0.3) is 0 Å². The molecule has 0 saturated carbocycles. The van der Waals surface area contributed by atoms with E-state index in [4.69, 9.17) is 5.73 Å². The van der Waals surface area contributed by atoms with Crippen LogP contribution in [-0.2, 0) is 10.2 Å². The van der Waals surface area contributed by atoms with Gasteiger partial charge in [0.15, 0.2) is 0 Å². The van der Waals surface area contributed by atoms with Gasteiger partial charge in [-0.15, -0.1) is 12.4 Å². The fraction of sp³-hybridized carbons (Fsp3) is 1.00. The standard InChI is InChI=1S/C6H15F2N3O2S.ClH/c1-5(2)11-14(12,13)10-4-6(7,8)3-9;/h5,10-11H,3-4,9H2,1-2H3;1H. The van der Waals surface area contributed by atoms with Crippen LogP contribution in [0.1, 0.15) is 13.8 Å². The van der Waals surface area contributed by atoms with Crippen LogP contribution < -0.4 is 15.2 Å². The largest absolute Gasteiger partial charge is 0.325 e. The Morgan fingerprint density at radius 1 is 1.40 bits per heavy atom. The maximum Gasteiger partial charge on any atom is 0.277 e. The van der Waals surface area contributed by atoms with E-state index >= 15 is 0 Å². The van der Waals surface area contributed by atoms with Gasteiger partial charge < -0.3 is 5.73 Å². The fourth-order valence-electron chi connectivity index (χ4n) is 0.625. The summed E-state index contributed by atoms with van der Waals surface area (Å²) in [5.74, 6) is -3.22. The minimum absolute atomic E-state index is 0. The molecule has 0 aromatic carbocycles. The third kappa shape index (κ3) is 8.94. The highest BCUT2D eigenvalue weighted by atomic mass is 35.5. The highest BCUT2D eigenvalue weighted by molar-refractivity contribution is 7.87. The smallest absolute Gasteiger partial charge is 0.277 e. The molecular formula is C6H16ClF2N3O2S. The van der Waals surface area contributed by atoms with Crippen molar-refractivity contribution in [1.29, 1.82) is 0 Å². The second kappa shape index (κ2) is 6.54. The van der Waals surface area contributed by atoms with Crippen molar-refractivity contribution in [3.8, 4) is 0 Å². The van der Waals surface area contributed by atoms with Crippen molar-refractivity contribution < 1.29 is 17.2 Å². The Morgan fingerprint density at radius 2 is 1.87 bits per heavy atom. The predicted molar refractivity (Wildman–Crippen MR) is 56.4 cm³/mol. The van der Waals surface area contributed by atoms with Crippen LogP contribution in [-0.4, -0.2) is 33.5 Å². The monoisotopic (exact) mass is 267 g/mol. The van der Waals surface area contributed by atoms with Gasteiger partial charge in [-0.25, -0.2) is 8.78 Å². The summed E-state index contributed by atoms with van der Waals surface area (Å²) in [6.07, 6.45) is 0. The number of nitrogens with one attached hydrogen (secondary N) is 2. The van der Waals surface area contributed by atoms with Gasteiger partial charge in [0.2, 0.25) is 0 Å². The van der Waals surface area contributed by atoms with Gasteiger partial charge >= 0.3 is 0 Å². The van der Waals surface area contributed by atoms with Crippen molar-refractivity contribution in [2.75, 3.05) is 13.1 Å². The van der Waals surface area contributed by atoms with Gasteiger partial charge in [-0.2, -0.15) is 17.9 Å². The highest BCUT2D eigenvalue weighted by Gasteiger charge is 2.28. The van der Waals surface area contributed by atoms with Crippen molar-refractivity contribution >= 4 is 22.6 Å². The van der Waals surface area contributed by atoms with Gasteiger partial charge in [0.25, 0.3) is 16.1 Å². The maximum absolute atomic E-state index is 12.5. The molecule has 5 nitrogen and oxygen atoms in total. The summed E-state index contributed by atoms with van der Waals surface area (Å²) >= 11 is 0. The fourth-order valence-corrected chi connectivity index (χ4v) is 1.73. The Balaban J connectivity index is 0. The zero-order valence-corrected chi connectivity index (χ0v) is 10.1. The molecule has 0 atom stereocenters. The topological polar surface area (TPSA) is 84.2 Å². The molecule has 4 N–H and O–H groups in total. The minimum Gasteiger partial charge on any atom is -0.325 e. The van der Waals surface area contributed by atoms with Crippen LogP contribution in [0.3, 0.4) is 0 Å². The zero-order chi connectivity index (χ0) is 11.4. The van der Waals surface area contributed by atoms with E-state index in [0.29, 0.717) is 0 Å². The van der Waals surface area contributed by atoms with Crippen LogP contribution in [0.4, 0.5) is 8.78 Å². The van der Waals surface area contributed by atoms with Crippen molar-refractivity contribution in [2.45, 2.75) is 25.8 Å². The molecular weight excluding hydrogens is 252 g/mol. The van der Waals surface area contributed by atoms with Crippen molar-refractivity contribution in [1.82, 2.24) is 9.44 Å². The van der Waals surface area contributed by atoms with Gasteiger partial charge in [-0.1, -0.05) is 0 Å². The lowest BCUT2D eigenvalue weighted by Gasteiger charge is -2.16. The molecule has 0 aromatic rings. The van der Waals surface area contributed by atoms with Crippen LogP contribution in [0.2, 0.25) is 0 Å². The number of rotatable bonds is 6. The first kappa shape index (κ1) is 17.4. The number of hydrogen-bond acceptors (Lipinski definition) is 3. The van der Waals surface area contributed by atoms with E-state index in [-0.39, 0.29) is 18.4 Å². The van der Waals surface area contributed by atoms with Crippen LogP contribution >= 0.6 is 12.4 Å². The summed E-state index contributed by atoms with van der Waals surface area (Å²) in [6.45, 7) is 1.28. The number of halogens is 3. The number of hydrogen-bond donors (Lipinski definition) is 3. The molecule has 0 aromatic heterocycles. The van der Waals surface area contributed by atoms with Crippen LogP contribution in [0, 0.1) is 0 Å². The lowest BCUT2D eigenvalue weighted by Crippen LogP contribution is -2.47. The van der Waals surface area contributed by atoms with Crippen LogP contribution in [0.15, 0.2) is 0 Å². The second-order valence-corrected chi connectivity index (χ2v) is 4.69. The Kier molecular flexibility index (Phi) is 7.57. The molecule has 0 unspecified atom stereocenters. The summed E-state index contributed by atoms with van der Waals surface area (Å²) in [5.41, 5.74) is 4.73. The average molecular weight is 268 g/mol. The molecule has 9 heteroatoms. The molecule has 0 fully saturated rings. The molecule has 0 aliphatic carbocycles. The van der Waals surface area contributed by atoms with Crippen molar-refractivity contribution in [3.63, 3.8) is 0 Å². The summed E-state index contributed by atoms with van der Waals surface area (Å²) < 4.78 is 50.9. The quantitative estimate of drug-likeness (QED) is 0.625. The zero-order valence-electron chi connectivity index (χ0n) is 8.46. The highest BCUT2D eigenvalue weighted by Crippen LogP contribution is 2.08. The molecule has 15 heavy (non-hydrogen) atoms. The average Bonchev–Trinajstić information content (AvgIpc) is 1.99. The van der Waals surface area contributed by atoms with Crippen molar-refractivity contribution in [3.05, 3.63) is 0 Å². The number of nitrogens with two attached hydrogens (primary N) is 1. The molecule has 0 bridgehead atoms. The van der Waals surface area contributed by atoms with E-state index in [1.54, 1.807) is 18.6 Å². The van der Waals surface area contributed by atoms with E-state index in [0.717, 1.165) is 0 Å². The lowest BCUT2D eigenvalue weighted by atomic mass is 10.3. The predicted octanol–water partition coefficient (Wildman–Crippen LogP) is -0.165. The van der Waals surface area contributed by atoms with E-state index < -0.39 is 29.2 Å². The maximum atomic E-state index is 12.5. The van der Waals surface area contributed by atoms with Gasteiger partial charge in [-0.3, -0.25) is 0 Å². The molecule has 0 amide bonds. The first-order chi connectivity index (χ1) is 6.18. The molecule has 0 rings (SSSR count). The summed E-state index contributed by atoms with van der Waals surface area (Å²) in [4.78, 5) is 0. The molecule has 0 aliphatic rings. The normalized spacial score (nSPS) is 12.7. The van der Waals surface area contributed by atoms with E-state index in [9.17, 15) is 17.2 Å². The molecule has 0 aliphatic heterocycles. The summed E-state index contributed by atoms with van der Waals surface area (Å²) in [7, 11) is -3.86.